The lowest BCUT2D eigenvalue weighted by Gasteiger charge is -2.41. The van der Waals surface area contributed by atoms with E-state index >= 15 is 0 Å². The lowest BCUT2D eigenvalue weighted by Crippen LogP contribution is -2.54. The maximum absolute atomic E-state index is 2.84. The Labute approximate surface area is 153 Å². The minimum Gasteiger partial charge on any atom is -0.323 e. The molecule has 2 fully saturated rings. The first-order chi connectivity index (χ1) is 11.2. The summed E-state index contributed by atoms with van der Waals surface area (Å²) in [4.78, 5) is 5.50. The van der Waals surface area contributed by atoms with Crippen LogP contribution in [0.25, 0.3) is 0 Å². The van der Waals surface area contributed by atoms with Crippen molar-refractivity contribution in [3.05, 3.63) is 0 Å². The second-order valence-corrected chi connectivity index (χ2v) is 19.7. The van der Waals surface area contributed by atoms with Gasteiger partial charge in [-0.15, -0.1) is 0 Å². The molecule has 0 aliphatic carbocycles. The molecule has 2 aliphatic heterocycles. The Hall–Kier alpha value is 0.274. The van der Waals surface area contributed by atoms with Gasteiger partial charge in [0, 0.05) is 39.3 Å². The van der Waals surface area contributed by atoms with Gasteiger partial charge in [0.25, 0.3) is 0 Å². The molecule has 24 heavy (non-hydrogen) atoms. The summed E-state index contributed by atoms with van der Waals surface area (Å²) in [7, 11) is -2.36. The maximum Gasteiger partial charge on any atom is 0.119 e. The van der Waals surface area contributed by atoms with Gasteiger partial charge in [-0.3, -0.25) is 0 Å². The van der Waals surface area contributed by atoms with Crippen LogP contribution in [0.5, 0.6) is 0 Å². The van der Waals surface area contributed by atoms with Crippen molar-refractivity contribution in [2.24, 2.45) is 0 Å². The van der Waals surface area contributed by atoms with Crippen molar-refractivity contribution in [1.82, 2.24) is 18.9 Å². The van der Waals surface area contributed by atoms with Gasteiger partial charge in [-0.2, -0.15) is 0 Å². The number of fused-ring (bicyclic) bond motifs is 3. The number of hydrogen-bond acceptors (Lipinski definition) is 4. The highest BCUT2D eigenvalue weighted by atomic mass is 28.3. The van der Waals surface area contributed by atoms with Crippen molar-refractivity contribution in [1.29, 1.82) is 0 Å². The van der Waals surface area contributed by atoms with E-state index in [1.165, 1.54) is 78.3 Å². The van der Waals surface area contributed by atoms with E-state index < -0.39 is 16.5 Å². The monoisotopic (exact) mass is 370 g/mol. The fourth-order valence-electron chi connectivity index (χ4n) is 4.01. The Morgan fingerprint density at radius 3 is 1.08 bits per heavy atom. The SMILES string of the molecule is C[Si](C)(C)N1CCCN2CCN(CCCN([Si](C)(C)C)CC2)CC1. The first-order valence-corrected chi connectivity index (χ1v) is 17.0. The van der Waals surface area contributed by atoms with Crippen LogP contribution in [-0.2, 0) is 0 Å². The zero-order valence-corrected chi connectivity index (χ0v) is 19.3. The molecule has 0 radical (unpaired) electrons. The highest BCUT2D eigenvalue weighted by molar-refractivity contribution is 6.73. The molecule has 2 aliphatic rings. The van der Waals surface area contributed by atoms with Gasteiger partial charge in [0.2, 0.25) is 0 Å². The fraction of sp³-hybridized carbons (Fsp3) is 1.00. The summed E-state index contributed by atoms with van der Waals surface area (Å²) in [6, 6.07) is 0. The van der Waals surface area contributed by atoms with E-state index in [9.17, 15) is 0 Å². The third kappa shape index (κ3) is 6.54. The predicted molar refractivity (Wildman–Crippen MR) is 112 cm³/mol. The van der Waals surface area contributed by atoms with Crippen LogP contribution >= 0.6 is 0 Å². The van der Waals surface area contributed by atoms with Gasteiger partial charge < -0.3 is 18.9 Å². The minimum atomic E-state index is -1.18. The third-order valence-electron chi connectivity index (χ3n) is 5.81. The molecule has 0 aromatic rings. The van der Waals surface area contributed by atoms with E-state index in [2.05, 4.69) is 58.2 Å². The lowest BCUT2D eigenvalue weighted by atomic mass is 10.2. The van der Waals surface area contributed by atoms with Crippen LogP contribution in [0.15, 0.2) is 0 Å². The Morgan fingerprint density at radius 1 is 0.417 bits per heavy atom. The Kier molecular flexibility index (Phi) is 7.53. The highest BCUT2D eigenvalue weighted by Crippen LogP contribution is 2.15. The van der Waals surface area contributed by atoms with E-state index in [0.29, 0.717) is 0 Å². The molecule has 0 N–H and O–H groups in total. The molecule has 142 valence electrons. The van der Waals surface area contributed by atoms with Crippen LogP contribution in [0.4, 0.5) is 0 Å². The topological polar surface area (TPSA) is 13.0 Å². The van der Waals surface area contributed by atoms with Gasteiger partial charge in [-0.25, -0.2) is 0 Å². The summed E-state index contributed by atoms with van der Waals surface area (Å²) in [5, 5.41) is 0. The van der Waals surface area contributed by atoms with Crippen LogP contribution in [0, 0.1) is 0 Å². The average molecular weight is 371 g/mol. The molecule has 4 nitrogen and oxygen atoms in total. The largest absolute Gasteiger partial charge is 0.323 e. The summed E-state index contributed by atoms with van der Waals surface area (Å²) in [5.41, 5.74) is 0. The van der Waals surface area contributed by atoms with Gasteiger partial charge in [-0.1, -0.05) is 39.3 Å². The first-order valence-electron chi connectivity index (χ1n) is 10.1. The second kappa shape index (κ2) is 8.78. The second-order valence-electron chi connectivity index (χ2n) is 9.71. The van der Waals surface area contributed by atoms with Crippen LogP contribution in [0.2, 0.25) is 39.3 Å². The molecule has 0 saturated carbocycles. The molecule has 0 aromatic carbocycles. The van der Waals surface area contributed by atoms with Crippen LogP contribution in [0.3, 0.4) is 0 Å². The maximum atomic E-state index is 2.84. The Morgan fingerprint density at radius 2 is 0.750 bits per heavy atom. The summed E-state index contributed by atoms with van der Waals surface area (Å²) < 4.78 is 5.67. The third-order valence-corrected chi connectivity index (χ3v) is 10.5. The van der Waals surface area contributed by atoms with Gasteiger partial charge in [0.05, 0.1) is 0 Å². The van der Waals surface area contributed by atoms with Crippen molar-refractivity contribution in [3.63, 3.8) is 0 Å². The molecule has 2 heterocycles. The van der Waals surface area contributed by atoms with Crippen molar-refractivity contribution >= 4 is 16.5 Å². The molecule has 2 saturated heterocycles. The van der Waals surface area contributed by atoms with E-state index in [-0.39, 0.29) is 0 Å². The van der Waals surface area contributed by atoms with Crippen LogP contribution in [-0.4, -0.2) is 101 Å². The van der Waals surface area contributed by atoms with Gasteiger partial charge in [0.1, 0.15) is 16.5 Å². The van der Waals surface area contributed by atoms with E-state index in [1.807, 2.05) is 0 Å². The van der Waals surface area contributed by atoms with E-state index in [4.69, 9.17) is 0 Å². The number of nitrogens with zero attached hydrogens (tertiary/aromatic N) is 4. The lowest BCUT2D eigenvalue weighted by molar-refractivity contribution is 0.153. The molecule has 2 atom stereocenters. The fourth-order valence-corrected chi connectivity index (χ4v) is 7.21. The zero-order chi connectivity index (χ0) is 17.8. The minimum absolute atomic E-state index is 1.18. The van der Waals surface area contributed by atoms with Crippen molar-refractivity contribution in [2.45, 2.75) is 52.1 Å². The summed E-state index contributed by atoms with van der Waals surface area (Å²) >= 11 is 0. The van der Waals surface area contributed by atoms with Gasteiger partial charge in [-0.05, 0) is 39.0 Å². The molecule has 0 spiro atoms. The van der Waals surface area contributed by atoms with Gasteiger partial charge >= 0.3 is 0 Å². The van der Waals surface area contributed by atoms with Crippen molar-refractivity contribution < 1.29 is 0 Å². The number of hydrogen-bond donors (Lipinski definition) is 0. The van der Waals surface area contributed by atoms with E-state index in [0.717, 1.165) is 0 Å². The Balaban J connectivity index is 2.05. The standard InChI is InChI=1S/C18H42N4Si2/c1-23(2,3)21-11-7-9-20-14-13-19(15-17-21)10-8-12-22(18-16-20)24(4,5)6/h7-18H2,1-6H3. The average Bonchev–Trinajstić information content (AvgIpc) is 2.47. The molecule has 0 aromatic heterocycles. The normalized spacial score (nSPS) is 30.2. The summed E-state index contributed by atoms with van der Waals surface area (Å²) in [6.45, 7) is 27.9. The smallest absolute Gasteiger partial charge is 0.119 e. The number of rotatable bonds is 2. The molecule has 0 amide bonds. The molecule has 2 bridgehead atoms. The van der Waals surface area contributed by atoms with Gasteiger partial charge in [0.15, 0.2) is 0 Å². The first kappa shape index (κ1) is 20.6. The summed E-state index contributed by atoms with van der Waals surface area (Å²) in [6.07, 6.45) is 2.69. The summed E-state index contributed by atoms with van der Waals surface area (Å²) in [5.74, 6) is 0. The van der Waals surface area contributed by atoms with Crippen LogP contribution in [0.1, 0.15) is 12.8 Å². The molecule has 6 heteroatoms. The molecular formula is C18H42N4Si2. The highest BCUT2D eigenvalue weighted by Gasteiger charge is 2.27. The molecule has 2 unspecified atom stereocenters. The van der Waals surface area contributed by atoms with E-state index in [1.54, 1.807) is 0 Å². The molecule has 2 rings (SSSR count). The van der Waals surface area contributed by atoms with Crippen LogP contribution < -0.4 is 0 Å². The van der Waals surface area contributed by atoms with Crippen molar-refractivity contribution in [3.8, 4) is 0 Å². The Bertz CT molecular complexity index is 342. The zero-order valence-electron chi connectivity index (χ0n) is 17.3. The quantitative estimate of drug-likeness (QED) is 0.693. The van der Waals surface area contributed by atoms with Crippen molar-refractivity contribution in [2.75, 3.05) is 65.4 Å². The molecular weight excluding hydrogens is 328 g/mol. The predicted octanol–water partition coefficient (Wildman–Crippen LogP) is 2.67.